The smallest absolute Gasteiger partial charge is 0.243 e. The summed E-state index contributed by atoms with van der Waals surface area (Å²) in [5.41, 5.74) is 0.883. The largest absolute Gasteiger partial charge is 0.493 e. The van der Waals surface area contributed by atoms with Crippen molar-refractivity contribution in [2.24, 2.45) is 0 Å². The molecule has 7 nitrogen and oxygen atoms in total. The Morgan fingerprint density at radius 3 is 2.10 bits per heavy atom. The Morgan fingerprint density at radius 2 is 1.50 bits per heavy atom. The molecular formula is C22H22N2O5S. The molecule has 0 aliphatic carbocycles. The van der Waals surface area contributed by atoms with Gasteiger partial charge in [0.1, 0.15) is 4.90 Å². The molecule has 0 aliphatic rings. The van der Waals surface area contributed by atoms with Crippen LogP contribution in [-0.2, 0) is 14.6 Å². The number of methoxy groups -OCH3 is 2. The average Bonchev–Trinajstić information content (AvgIpc) is 2.78. The highest BCUT2D eigenvalue weighted by molar-refractivity contribution is 7.91. The van der Waals surface area contributed by atoms with Crippen molar-refractivity contribution in [3.05, 3.63) is 72.8 Å². The minimum Gasteiger partial charge on any atom is -0.493 e. The van der Waals surface area contributed by atoms with Gasteiger partial charge in [-0.15, -0.1) is 0 Å². The van der Waals surface area contributed by atoms with E-state index in [0.717, 1.165) is 0 Å². The maximum atomic E-state index is 13.4. The van der Waals surface area contributed by atoms with Crippen LogP contribution in [0.5, 0.6) is 11.5 Å². The highest BCUT2D eigenvalue weighted by atomic mass is 32.2. The lowest BCUT2D eigenvalue weighted by Crippen LogP contribution is -2.22. The lowest BCUT2D eigenvalue weighted by atomic mass is 10.2. The second-order valence-corrected chi connectivity index (χ2v) is 8.15. The fourth-order valence-corrected chi connectivity index (χ4v) is 4.53. The van der Waals surface area contributed by atoms with Crippen LogP contribution in [0.2, 0.25) is 0 Å². The SMILES string of the molecule is COc1ccc(NCC(=O)Nc2ccccc2)c(S(=O)(=O)c2ccccc2)c1OC. The van der Waals surface area contributed by atoms with Crippen molar-refractivity contribution in [1.82, 2.24) is 0 Å². The van der Waals surface area contributed by atoms with Gasteiger partial charge in [0.2, 0.25) is 15.7 Å². The van der Waals surface area contributed by atoms with Crippen LogP contribution >= 0.6 is 0 Å². The second-order valence-electron chi connectivity index (χ2n) is 6.26. The van der Waals surface area contributed by atoms with Crippen LogP contribution in [0, 0.1) is 0 Å². The minimum absolute atomic E-state index is 0.0646. The Labute approximate surface area is 175 Å². The first kappa shape index (κ1) is 21.2. The molecule has 2 N–H and O–H groups in total. The van der Waals surface area contributed by atoms with Crippen molar-refractivity contribution >= 4 is 27.1 Å². The van der Waals surface area contributed by atoms with E-state index in [1.165, 1.54) is 26.4 Å². The number of carbonyl (C=O) groups excluding carboxylic acids is 1. The van der Waals surface area contributed by atoms with Crippen LogP contribution in [0.15, 0.2) is 82.6 Å². The lowest BCUT2D eigenvalue weighted by Gasteiger charge is -2.18. The molecule has 156 valence electrons. The minimum atomic E-state index is -3.95. The highest BCUT2D eigenvalue weighted by Gasteiger charge is 2.28. The molecule has 30 heavy (non-hydrogen) atoms. The van der Waals surface area contributed by atoms with E-state index in [0.29, 0.717) is 5.69 Å². The number of sulfone groups is 1. The van der Waals surface area contributed by atoms with Crippen LogP contribution < -0.4 is 20.1 Å². The Bertz CT molecular complexity index is 1120. The summed E-state index contributed by atoms with van der Waals surface area (Å²) < 4.78 is 37.4. The maximum absolute atomic E-state index is 13.4. The molecule has 0 spiro atoms. The topological polar surface area (TPSA) is 93.7 Å². The number of hydrogen-bond donors (Lipinski definition) is 2. The molecule has 0 heterocycles. The van der Waals surface area contributed by atoms with Gasteiger partial charge in [-0.1, -0.05) is 36.4 Å². The molecule has 8 heteroatoms. The second kappa shape index (κ2) is 9.32. The third kappa shape index (κ3) is 4.55. The molecule has 0 bridgehead atoms. The average molecular weight is 426 g/mol. The standard InChI is InChI=1S/C22H22N2O5S/c1-28-19-14-13-18(23-15-20(25)24-16-9-5-3-6-10-16)22(21(19)29-2)30(26,27)17-11-7-4-8-12-17/h3-14,23H,15H2,1-2H3,(H,24,25). The van der Waals surface area contributed by atoms with Gasteiger partial charge in [-0.2, -0.15) is 0 Å². The number of rotatable bonds is 8. The van der Waals surface area contributed by atoms with Crippen LogP contribution in [0.1, 0.15) is 0 Å². The summed E-state index contributed by atoms with van der Waals surface area (Å²) in [5.74, 6) is 0.0140. The van der Waals surface area contributed by atoms with E-state index in [9.17, 15) is 13.2 Å². The molecule has 0 aromatic heterocycles. The summed E-state index contributed by atoms with van der Waals surface area (Å²) in [6.07, 6.45) is 0. The van der Waals surface area contributed by atoms with Crippen LogP contribution in [-0.4, -0.2) is 35.1 Å². The summed E-state index contributed by atoms with van der Waals surface area (Å²) in [4.78, 5) is 12.3. The quantitative estimate of drug-likeness (QED) is 0.572. The predicted molar refractivity (Wildman–Crippen MR) is 115 cm³/mol. The molecule has 0 saturated heterocycles. The van der Waals surface area contributed by atoms with E-state index in [4.69, 9.17) is 9.47 Å². The molecular weight excluding hydrogens is 404 g/mol. The number of ether oxygens (including phenoxy) is 2. The molecule has 0 fully saturated rings. The third-order valence-corrected chi connectivity index (χ3v) is 6.15. The summed E-state index contributed by atoms with van der Waals surface area (Å²) >= 11 is 0. The molecule has 0 atom stereocenters. The van der Waals surface area contributed by atoms with E-state index in [1.54, 1.807) is 42.5 Å². The monoisotopic (exact) mass is 426 g/mol. The first-order valence-electron chi connectivity index (χ1n) is 9.11. The summed E-state index contributed by atoms with van der Waals surface area (Å²) in [5, 5.41) is 5.65. The predicted octanol–water partition coefficient (Wildman–Crippen LogP) is 3.59. The number of hydrogen-bond acceptors (Lipinski definition) is 6. The maximum Gasteiger partial charge on any atom is 0.243 e. The van der Waals surface area contributed by atoms with E-state index in [1.807, 2.05) is 18.2 Å². The third-order valence-electron chi connectivity index (χ3n) is 4.32. The van der Waals surface area contributed by atoms with Crippen molar-refractivity contribution in [2.45, 2.75) is 9.79 Å². The van der Waals surface area contributed by atoms with Gasteiger partial charge in [-0.05, 0) is 36.4 Å². The molecule has 3 aromatic rings. The summed E-state index contributed by atoms with van der Waals surface area (Å²) in [6, 6.07) is 20.1. The number of benzene rings is 3. The Hall–Kier alpha value is -3.52. The Kier molecular flexibility index (Phi) is 6.58. The van der Waals surface area contributed by atoms with Gasteiger partial charge >= 0.3 is 0 Å². The fraction of sp³-hybridized carbons (Fsp3) is 0.136. The van der Waals surface area contributed by atoms with Crippen LogP contribution in [0.4, 0.5) is 11.4 Å². The number of nitrogens with one attached hydrogen (secondary N) is 2. The Morgan fingerprint density at radius 1 is 0.867 bits per heavy atom. The van der Waals surface area contributed by atoms with Crippen molar-refractivity contribution in [3.63, 3.8) is 0 Å². The molecule has 0 unspecified atom stereocenters. The van der Waals surface area contributed by atoms with E-state index >= 15 is 0 Å². The zero-order valence-electron chi connectivity index (χ0n) is 16.6. The van der Waals surface area contributed by atoms with Crippen molar-refractivity contribution < 1.29 is 22.7 Å². The number of amides is 1. The zero-order chi connectivity index (χ0) is 21.6. The molecule has 1 amide bonds. The van der Waals surface area contributed by atoms with Crippen molar-refractivity contribution in [2.75, 3.05) is 31.4 Å². The molecule has 0 aliphatic heterocycles. The lowest BCUT2D eigenvalue weighted by molar-refractivity contribution is -0.114. The molecule has 0 saturated carbocycles. The molecule has 3 aromatic carbocycles. The molecule has 3 rings (SSSR count). The van der Waals surface area contributed by atoms with Gasteiger partial charge in [0, 0.05) is 5.69 Å². The van der Waals surface area contributed by atoms with Crippen molar-refractivity contribution in [3.8, 4) is 11.5 Å². The Balaban J connectivity index is 1.95. The number of para-hydroxylation sites is 1. The summed E-state index contributed by atoms with van der Waals surface area (Å²) in [7, 11) is -1.15. The normalized spacial score (nSPS) is 10.9. The van der Waals surface area contributed by atoms with Gasteiger partial charge in [0.25, 0.3) is 0 Å². The van der Waals surface area contributed by atoms with E-state index in [-0.39, 0.29) is 39.4 Å². The summed E-state index contributed by atoms with van der Waals surface area (Å²) in [6.45, 7) is -0.137. The van der Waals surface area contributed by atoms with Gasteiger partial charge in [0.15, 0.2) is 11.5 Å². The highest BCUT2D eigenvalue weighted by Crippen LogP contribution is 2.42. The first-order chi connectivity index (χ1) is 14.5. The van der Waals surface area contributed by atoms with Gasteiger partial charge in [-0.25, -0.2) is 8.42 Å². The van der Waals surface area contributed by atoms with Gasteiger partial charge in [0.05, 0.1) is 31.3 Å². The number of carbonyl (C=O) groups is 1. The van der Waals surface area contributed by atoms with E-state index in [2.05, 4.69) is 10.6 Å². The van der Waals surface area contributed by atoms with Gasteiger partial charge in [-0.3, -0.25) is 4.79 Å². The van der Waals surface area contributed by atoms with E-state index < -0.39 is 9.84 Å². The molecule has 0 radical (unpaired) electrons. The van der Waals surface area contributed by atoms with Crippen molar-refractivity contribution in [1.29, 1.82) is 0 Å². The first-order valence-corrected chi connectivity index (χ1v) is 10.6. The van der Waals surface area contributed by atoms with Crippen LogP contribution in [0.3, 0.4) is 0 Å². The number of anilines is 2. The van der Waals surface area contributed by atoms with Crippen LogP contribution in [0.25, 0.3) is 0 Å². The van der Waals surface area contributed by atoms with Gasteiger partial charge < -0.3 is 20.1 Å². The zero-order valence-corrected chi connectivity index (χ0v) is 17.4. The fourth-order valence-electron chi connectivity index (χ4n) is 2.92.